The molecule has 3 aliphatic rings. The second-order valence-electron chi connectivity index (χ2n) is 8.54. The third-order valence-electron chi connectivity index (χ3n) is 6.80. The molecule has 0 aromatic heterocycles. The molecule has 1 saturated heterocycles. The molecule has 1 heterocycles. The smallest absolute Gasteiger partial charge is 0.267 e. The molecule has 1 aliphatic heterocycles. The largest absolute Gasteiger partial charge is 0.347 e. The van der Waals surface area contributed by atoms with Gasteiger partial charge >= 0.3 is 0 Å². The number of carbonyl (C=O) groups is 2. The molecule has 1 aromatic carbocycles. The maximum Gasteiger partial charge on any atom is 0.267 e. The molecule has 3 atom stereocenters. The SMILES string of the molecule is O=C(N[C@@H]1CCC1(F)F)[C@H]1CCC[C@@]12CCN(C(=O)Cc1cccc(F)c1)C2. The first kappa shape index (κ1) is 19.3. The van der Waals surface area contributed by atoms with Gasteiger partial charge in [0.05, 0.1) is 12.5 Å². The normalized spacial score (nSPS) is 31.0. The molecule has 1 aromatic rings. The van der Waals surface area contributed by atoms with E-state index in [1.807, 2.05) is 0 Å². The second kappa shape index (κ2) is 7.08. The van der Waals surface area contributed by atoms with Crippen LogP contribution in [0, 0.1) is 17.2 Å². The van der Waals surface area contributed by atoms with E-state index in [2.05, 4.69) is 5.32 Å². The van der Waals surface area contributed by atoms with E-state index in [1.54, 1.807) is 17.0 Å². The zero-order valence-corrected chi connectivity index (χ0v) is 15.7. The number of likely N-dealkylation sites (tertiary alicyclic amines) is 1. The van der Waals surface area contributed by atoms with Crippen LogP contribution in [0.1, 0.15) is 44.1 Å². The minimum atomic E-state index is -2.80. The number of carbonyl (C=O) groups excluding carboxylic acids is 2. The van der Waals surface area contributed by atoms with Crippen molar-refractivity contribution in [1.82, 2.24) is 10.2 Å². The zero-order valence-electron chi connectivity index (χ0n) is 15.7. The summed E-state index contributed by atoms with van der Waals surface area (Å²) in [6, 6.07) is 4.94. The van der Waals surface area contributed by atoms with Crippen molar-refractivity contribution in [3.05, 3.63) is 35.6 Å². The Bertz CT molecular complexity index is 785. The molecule has 28 heavy (non-hydrogen) atoms. The van der Waals surface area contributed by atoms with Crippen LogP contribution in [0.15, 0.2) is 24.3 Å². The summed E-state index contributed by atoms with van der Waals surface area (Å²) in [6.45, 7) is 1.03. The van der Waals surface area contributed by atoms with Crippen molar-refractivity contribution in [3.8, 4) is 0 Å². The van der Waals surface area contributed by atoms with Gasteiger partial charge in [0.15, 0.2) is 0 Å². The molecule has 0 bridgehead atoms. The van der Waals surface area contributed by atoms with Crippen molar-refractivity contribution in [2.24, 2.45) is 11.3 Å². The van der Waals surface area contributed by atoms with Gasteiger partial charge in [0, 0.05) is 30.8 Å². The summed E-state index contributed by atoms with van der Waals surface area (Å²) in [6.07, 6.45) is 3.35. The van der Waals surface area contributed by atoms with E-state index in [1.165, 1.54) is 12.1 Å². The highest BCUT2D eigenvalue weighted by molar-refractivity contribution is 5.82. The Kier molecular flexibility index (Phi) is 4.88. The lowest BCUT2D eigenvalue weighted by Crippen LogP contribution is -2.57. The number of amides is 2. The summed E-state index contributed by atoms with van der Waals surface area (Å²) in [5.41, 5.74) is 0.305. The molecule has 0 radical (unpaired) electrons. The first-order chi connectivity index (χ1) is 13.3. The van der Waals surface area contributed by atoms with Crippen molar-refractivity contribution in [1.29, 1.82) is 0 Å². The first-order valence-corrected chi connectivity index (χ1v) is 10.00. The molecule has 1 spiro atoms. The van der Waals surface area contributed by atoms with Gasteiger partial charge in [-0.25, -0.2) is 13.2 Å². The molecule has 4 rings (SSSR count). The van der Waals surface area contributed by atoms with E-state index in [9.17, 15) is 22.8 Å². The van der Waals surface area contributed by atoms with Crippen LogP contribution in [-0.4, -0.2) is 41.8 Å². The number of nitrogens with zero attached hydrogens (tertiary/aromatic N) is 1. The minimum Gasteiger partial charge on any atom is -0.347 e. The molecular formula is C21H25F3N2O2. The lowest BCUT2D eigenvalue weighted by Gasteiger charge is -2.39. The maximum absolute atomic E-state index is 13.5. The second-order valence-corrected chi connectivity index (χ2v) is 8.54. The number of halogens is 3. The molecule has 2 saturated carbocycles. The van der Waals surface area contributed by atoms with Crippen molar-refractivity contribution >= 4 is 11.8 Å². The van der Waals surface area contributed by atoms with E-state index in [0.717, 1.165) is 12.8 Å². The summed E-state index contributed by atoms with van der Waals surface area (Å²) in [5.74, 6) is -3.87. The molecule has 3 fully saturated rings. The number of rotatable bonds is 4. The molecule has 1 N–H and O–H groups in total. The van der Waals surface area contributed by atoms with Crippen molar-refractivity contribution < 1.29 is 22.8 Å². The van der Waals surface area contributed by atoms with E-state index < -0.39 is 12.0 Å². The third-order valence-corrected chi connectivity index (χ3v) is 6.80. The highest BCUT2D eigenvalue weighted by Gasteiger charge is 2.54. The van der Waals surface area contributed by atoms with Gasteiger partial charge in [0.2, 0.25) is 11.8 Å². The van der Waals surface area contributed by atoms with Gasteiger partial charge in [0.25, 0.3) is 5.92 Å². The lowest BCUT2D eigenvalue weighted by molar-refractivity contribution is -0.142. The highest BCUT2D eigenvalue weighted by atomic mass is 19.3. The average molecular weight is 394 g/mol. The minimum absolute atomic E-state index is 0.0842. The predicted molar refractivity (Wildman–Crippen MR) is 97.2 cm³/mol. The van der Waals surface area contributed by atoms with Crippen LogP contribution in [-0.2, 0) is 16.0 Å². The van der Waals surface area contributed by atoms with Gasteiger partial charge in [0.1, 0.15) is 5.82 Å². The fourth-order valence-electron chi connectivity index (χ4n) is 5.04. The van der Waals surface area contributed by atoms with Crippen LogP contribution >= 0.6 is 0 Å². The van der Waals surface area contributed by atoms with E-state index in [-0.39, 0.29) is 41.8 Å². The molecular weight excluding hydrogens is 369 g/mol. The Hall–Kier alpha value is -2.05. The van der Waals surface area contributed by atoms with Gasteiger partial charge in [-0.3, -0.25) is 9.59 Å². The van der Waals surface area contributed by atoms with E-state index in [0.29, 0.717) is 37.9 Å². The molecule has 4 nitrogen and oxygen atoms in total. The summed E-state index contributed by atoms with van der Waals surface area (Å²) in [4.78, 5) is 27.1. The Labute approximate surface area is 162 Å². The van der Waals surface area contributed by atoms with Crippen molar-refractivity contribution in [2.45, 2.75) is 56.9 Å². The Balaban J connectivity index is 1.39. The molecule has 7 heteroatoms. The molecule has 2 aliphatic carbocycles. The summed E-state index contributed by atoms with van der Waals surface area (Å²) in [5, 5.41) is 2.56. The fourth-order valence-corrected chi connectivity index (χ4v) is 5.04. The average Bonchev–Trinajstić information content (AvgIpc) is 3.26. The number of nitrogens with one attached hydrogen (secondary N) is 1. The van der Waals surface area contributed by atoms with Gasteiger partial charge in [-0.05, 0) is 43.4 Å². The Morgan fingerprint density at radius 3 is 2.68 bits per heavy atom. The lowest BCUT2D eigenvalue weighted by atomic mass is 9.76. The summed E-state index contributed by atoms with van der Waals surface area (Å²) in [7, 11) is 0. The maximum atomic E-state index is 13.5. The summed E-state index contributed by atoms with van der Waals surface area (Å²) >= 11 is 0. The Morgan fingerprint density at radius 2 is 2.00 bits per heavy atom. The fraction of sp³-hybridized carbons (Fsp3) is 0.619. The molecule has 0 unspecified atom stereocenters. The monoisotopic (exact) mass is 394 g/mol. The quantitative estimate of drug-likeness (QED) is 0.852. The number of benzene rings is 1. The highest BCUT2D eigenvalue weighted by Crippen LogP contribution is 2.50. The zero-order chi connectivity index (χ0) is 19.9. The van der Waals surface area contributed by atoms with Crippen LogP contribution in [0.5, 0.6) is 0 Å². The molecule has 152 valence electrons. The Morgan fingerprint density at radius 1 is 1.18 bits per heavy atom. The van der Waals surface area contributed by atoms with Crippen LogP contribution in [0.4, 0.5) is 13.2 Å². The topological polar surface area (TPSA) is 49.4 Å². The summed E-state index contributed by atoms with van der Waals surface area (Å²) < 4.78 is 40.4. The molecule has 2 amide bonds. The van der Waals surface area contributed by atoms with Crippen LogP contribution in [0.2, 0.25) is 0 Å². The van der Waals surface area contributed by atoms with E-state index >= 15 is 0 Å². The third kappa shape index (κ3) is 3.51. The predicted octanol–water partition coefficient (Wildman–Crippen LogP) is 3.30. The standard InChI is InChI=1S/C21H25F3N2O2/c22-15-4-1-3-14(11-15)12-18(27)26-10-9-20(13-26)7-2-5-16(20)19(28)25-17-6-8-21(17,23)24/h1,3-4,11,16-17H,2,5-10,12-13H2,(H,25,28)/t16-,17-,20+/m1/s1. The van der Waals surface area contributed by atoms with Gasteiger partial charge in [-0.2, -0.15) is 0 Å². The van der Waals surface area contributed by atoms with Crippen molar-refractivity contribution in [3.63, 3.8) is 0 Å². The number of alkyl halides is 2. The van der Waals surface area contributed by atoms with E-state index in [4.69, 9.17) is 0 Å². The van der Waals surface area contributed by atoms with Gasteiger partial charge in [-0.1, -0.05) is 18.6 Å². The first-order valence-electron chi connectivity index (χ1n) is 10.00. The number of hydrogen-bond acceptors (Lipinski definition) is 2. The van der Waals surface area contributed by atoms with Crippen LogP contribution in [0.25, 0.3) is 0 Å². The van der Waals surface area contributed by atoms with Crippen molar-refractivity contribution in [2.75, 3.05) is 13.1 Å². The number of hydrogen-bond donors (Lipinski definition) is 1. The van der Waals surface area contributed by atoms with Gasteiger partial charge < -0.3 is 10.2 Å². The van der Waals surface area contributed by atoms with Gasteiger partial charge in [-0.15, -0.1) is 0 Å². The van der Waals surface area contributed by atoms with Crippen LogP contribution in [0.3, 0.4) is 0 Å². The van der Waals surface area contributed by atoms with Crippen LogP contribution < -0.4 is 5.32 Å².